The van der Waals surface area contributed by atoms with Crippen LogP contribution < -0.4 is 10.2 Å². The van der Waals surface area contributed by atoms with Gasteiger partial charge in [0.15, 0.2) is 0 Å². The van der Waals surface area contributed by atoms with Gasteiger partial charge in [-0.25, -0.2) is 0 Å². The SMILES string of the molecule is Cc1cc(C)c2c(c1)N(C(=O)C1CNCCO1)CCC2. The Morgan fingerprint density at radius 2 is 2.25 bits per heavy atom. The predicted octanol–water partition coefficient (Wildman–Crippen LogP) is 1.57. The van der Waals surface area contributed by atoms with Gasteiger partial charge in [0, 0.05) is 25.3 Å². The van der Waals surface area contributed by atoms with Crippen molar-refractivity contribution < 1.29 is 9.53 Å². The van der Waals surface area contributed by atoms with Crippen LogP contribution in [0.2, 0.25) is 0 Å². The molecule has 1 atom stereocenters. The molecule has 0 aliphatic carbocycles. The van der Waals surface area contributed by atoms with Gasteiger partial charge in [-0.15, -0.1) is 0 Å². The molecule has 1 amide bonds. The molecule has 20 heavy (non-hydrogen) atoms. The fourth-order valence-electron chi connectivity index (χ4n) is 3.20. The summed E-state index contributed by atoms with van der Waals surface area (Å²) in [6.45, 7) is 7.09. The van der Waals surface area contributed by atoms with Crippen LogP contribution in [0.5, 0.6) is 0 Å². The number of ether oxygens (including phenoxy) is 1. The van der Waals surface area contributed by atoms with Crippen LogP contribution in [0.4, 0.5) is 5.69 Å². The van der Waals surface area contributed by atoms with Crippen LogP contribution in [0.1, 0.15) is 23.1 Å². The van der Waals surface area contributed by atoms with E-state index in [0.717, 1.165) is 31.6 Å². The fraction of sp³-hybridized carbons (Fsp3) is 0.562. The molecule has 1 fully saturated rings. The summed E-state index contributed by atoms with van der Waals surface area (Å²) >= 11 is 0. The van der Waals surface area contributed by atoms with Crippen LogP contribution >= 0.6 is 0 Å². The van der Waals surface area contributed by atoms with Gasteiger partial charge in [0.2, 0.25) is 0 Å². The van der Waals surface area contributed by atoms with E-state index in [-0.39, 0.29) is 12.0 Å². The smallest absolute Gasteiger partial charge is 0.257 e. The standard InChI is InChI=1S/C16H22N2O2/c1-11-8-12(2)13-4-3-6-18(14(13)9-11)16(19)15-10-17-5-7-20-15/h8-9,15,17H,3-7,10H2,1-2H3. The van der Waals surface area contributed by atoms with Gasteiger partial charge in [-0.2, -0.15) is 0 Å². The Bertz CT molecular complexity index is 521. The largest absolute Gasteiger partial charge is 0.366 e. The number of anilines is 1. The van der Waals surface area contributed by atoms with Crippen molar-refractivity contribution >= 4 is 11.6 Å². The molecule has 0 spiro atoms. The number of carbonyl (C=O) groups excluding carboxylic acids is 1. The zero-order chi connectivity index (χ0) is 14.1. The second-order valence-electron chi connectivity index (χ2n) is 5.74. The summed E-state index contributed by atoms with van der Waals surface area (Å²) in [6.07, 6.45) is 1.76. The second-order valence-corrected chi connectivity index (χ2v) is 5.74. The van der Waals surface area contributed by atoms with E-state index in [2.05, 4.69) is 31.3 Å². The number of nitrogens with zero attached hydrogens (tertiary/aromatic N) is 1. The molecule has 1 unspecified atom stereocenters. The van der Waals surface area contributed by atoms with Crippen molar-refractivity contribution in [1.82, 2.24) is 5.32 Å². The molecule has 0 saturated carbocycles. The molecule has 0 bridgehead atoms. The summed E-state index contributed by atoms with van der Waals surface area (Å²) in [5.41, 5.74) is 4.91. The van der Waals surface area contributed by atoms with Crippen LogP contribution in [0.15, 0.2) is 12.1 Å². The molecule has 2 heterocycles. The average Bonchev–Trinajstić information content (AvgIpc) is 2.47. The lowest BCUT2D eigenvalue weighted by Gasteiger charge is -2.34. The third-order valence-electron chi connectivity index (χ3n) is 4.16. The second kappa shape index (κ2) is 5.54. The lowest BCUT2D eigenvalue weighted by Crippen LogP contribution is -2.50. The van der Waals surface area contributed by atoms with Gasteiger partial charge in [-0.3, -0.25) is 4.79 Å². The minimum Gasteiger partial charge on any atom is -0.366 e. The monoisotopic (exact) mass is 274 g/mol. The summed E-state index contributed by atoms with van der Waals surface area (Å²) in [5.74, 6) is 0.100. The Balaban J connectivity index is 1.91. The van der Waals surface area contributed by atoms with Gasteiger partial charge in [0.05, 0.1) is 6.61 Å². The summed E-state index contributed by atoms with van der Waals surface area (Å²) < 4.78 is 5.61. The highest BCUT2D eigenvalue weighted by Gasteiger charge is 2.31. The minimum absolute atomic E-state index is 0.100. The minimum atomic E-state index is -0.337. The highest BCUT2D eigenvalue weighted by atomic mass is 16.5. The molecule has 1 aromatic carbocycles. The molecule has 4 heteroatoms. The lowest BCUT2D eigenvalue weighted by atomic mass is 9.94. The molecular weight excluding hydrogens is 252 g/mol. The average molecular weight is 274 g/mol. The van der Waals surface area contributed by atoms with Crippen molar-refractivity contribution in [3.05, 3.63) is 28.8 Å². The highest BCUT2D eigenvalue weighted by molar-refractivity contribution is 5.98. The summed E-state index contributed by atoms with van der Waals surface area (Å²) in [7, 11) is 0. The third-order valence-corrected chi connectivity index (χ3v) is 4.16. The van der Waals surface area contributed by atoms with E-state index < -0.39 is 0 Å². The Hall–Kier alpha value is -1.39. The van der Waals surface area contributed by atoms with E-state index in [1.54, 1.807) is 0 Å². The van der Waals surface area contributed by atoms with Crippen LogP contribution in [0.25, 0.3) is 0 Å². The number of rotatable bonds is 1. The quantitative estimate of drug-likeness (QED) is 0.845. The zero-order valence-corrected chi connectivity index (χ0v) is 12.2. The van der Waals surface area contributed by atoms with Crippen LogP contribution in [0.3, 0.4) is 0 Å². The number of hydrogen-bond donors (Lipinski definition) is 1. The molecule has 1 aromatic rings. The zero-order valence-electron chi connectivity index (χ0n) is 12.2. The van der Waals surface area contributed by atoms with Crippen LogP contribution in [-0.4, -0.2) is 38.3 Å². The summed E-state index contributed by atoms with van der Waals surface area (Å²) in [4.78, 5) is 14.6. The molecular formula is C16H22N2O2. The molecule has 0 radical (unpaired) electrons. The first-order valence-electron chi connectivity index (χ1n) is 7.40. The Kier molecular flexibility index (Phi) is 3.76. The molecule has 1 N–H and O–H groups in total. The molecule has 2 aliphatic rings. The van der Waals surface area contributed by atoms with Gasteiger partial charge in [0.25, 0.3) is 5.91 Å². The number of carbonyl (C=O) groups is 1. The maximum absolute atomic E-state index is 12.7. The van der Waals surface area contributed by atoms with Crippen molar-refractivity contribution in [2.24, 2.45) is 0 Å². The number of aryl methyl sites for hydroxylation is 2. The van der Waals surface area contributed by atoms with E-state index in [4.69, 9.17) is 4.74 Å². The first-order chi connectivity index (χ1) is 9.66. The number of benzene rings is 1. The van der Waals surface area contributed by atoms with Crippen molar-refractivity contribution in [2.45, 2.75) is 32.8 Å². The van der Waals surface area contributed by atoms with E-state index in [1.165, 1.54) is 16.7 Å². The molecule has 4 nitrogen and oxygen atoms in total. The van der Waals surface area contributed by atoms with Crippen molar-refractivity contribution in [3.8, 4) is 0 Å². The van der Waals surface area contributed by atoms with Crippen molar-refractivity contribution in [2.75, 3.05) is 31.1 Å². The van der Waals surface area contributed by atoms with Crippen molar-refractivity contribution in [1.29, 1.82) is 0 Å². The van der Waals surface area contributed by atoms with Gasteiger partial charge < -0.3 is 15.0 Å². The van der Waals surface area contributed by atoms with E-state index in [0.29, 0.717) is 13.2 Å². The lowest BCUT2D eigenvalue weighted by molar-refractivity contribution is -0.131. The highest BCUT2D eigenvalue weighted by Crippen LogP contribution is 2.31. The Morgan fingerprint density at radius 1 is 1.40 bits per heavy atom. The summed E-state index contributed by atoms with van der Waals surface area (Å²) in [5, 5.41) is 3.23. The summed E-state index contributed by atoms with van der Waals surface area (Å²) in [6, 6.07) is 4.33. The first kappa shape index (κ1) is 13.6. The van der Waals surface area contributed by atoms with Gasteiger partial charge in [0.1, 0.15) is 6.10 Å². The number of hydrogen-bond acceptors (Lipinski definition) is 3. The molecule has 0 aromatic heterocycles. The molecule has 3 rings (SSSR count). The Morgan fingerprint density at radius 3 is 3.00 bits per heavy atom. The predicted molar refractivity (Wildman–Crippen MR) is 79.2 cm³/mol. The number of amides is 1. The van der Waals surface area contributed by atoms with Gasteiger partial charge in [-0.1, -0.05) is 6.07 Å². The maximum Gasteiger partial charge on any atom is 0.257 e. The third kappa shape index (κ3) is 2.45. The normalized spacial score (nSPS) is 22.5. The molecule has 2 aliphatic heterocycles. The van der Waals surface area contributed by atoms with Crippen LogP contribution in [0, 0.1) is 13.8 Å². The van der Waals surface area contributed by atoms with Crippen molar-refractivity contribution in [3.63, 3.8) is 0 Å². The number of fused-ring (bicyclic) bond motifs is 1. The van der Waals surface area contributed by atoms with E-state index in [9.17, 15) is 4.79 Å². The maximum atomic E-state index is 12.7. The number of nitrogens with one attached hydrogen (secondary N) is 1. The van der Waals surface area contributed by atoms with Crippen LogP contribution in [-0.2, 0) is 16.0 Å². The number of morpholine rings is 1. The van der Waals surface area contributed by atoms with E-state index in [1.807, 2.05) is 4.90 Å². The fourth-order valence-corrected chi connectivity index (χ4v) is 3.20. The Labute approximate surface area is 120 Å². The first-order valence-corrected chi connectivity index (χ1v) is 7.40. The molecule has 108 valence electrons. The molecule has 1 saturated heterocycles. The van der Waals surface area contributed by atoms with Gasteiger partial charge >= 0.3 is 0 Å². The van der Waals surface area contributed by atoms with E-state index >= 15 is 0 Å². The topological polar surface area (TPSA) is 41.6 Å². The van der Waals surface area contributed by atoms with Gasteiger partial charge in [-0.05, 0) is 49.4 Å².